The Hall–Kier alpha value is -1.84. The van der Waals surface area contributed by atoms with Gasteiger partial charge in [0.2, 0.25) is 5.91 Å². The van der Waals surface area contributed by atoms with Gasteiger partial charge < -0.3 is 9.64 Å². The number of nitrogens with zero attached hydrogens (tertiary/aromatic N) is 1. The third kappa shape index (κ3) is 2.80. The minimum Gasteiger partial charge on any atom is -0.427 e. The lowest BCUT2D eigenvalue weighted by Gasteiger charge is -2.44. The maximum absolute atomic E-state index is 11.8. The molecule has 0 radical (unpaired) electrons. The fourth-order valence-corrected chi connectivity index (χ4v) is 3.77. The van der Waals surface area contributed by atoms with Crippen LogP contribution in [-0.4, -0.2) is 29.4 Å². The Morgan fingerprint density at radius 3 is 2.71 bits per heavy atom. The van der Waals surface area contributed by atoms with E-state index in [1.165, 1.54) is 24.5 Å². The van der Waals surface area contributed by atoms with Crippen molar-refractivity contribution in [3.8, 4) is 5.75 Å². The Kier molecular flexibility index (Phi) is 3.70. The number of rotatable bonds is 1. The molecule has 4 heteroatoms. The van der Waals surface area contributed by atoms with Crippen LogP contribution in [0.4, 0.5) is 0 Å². The summed E-state index contributed by atoms with van der Waals surface area (Å²) in [5, 5.41) is 0. The highest BCUT2D eigenvalue weighted by Gasteiger charge is 2.36. The van der Waals surface area contributed by atoms with Gasteiger partial charge >= 0.3 is 5.97 Å². The van der Waals surface area contributed by atoms with Crippen LogP contribution in [0.15, 0.2) is 18.2 Å². The highest BCUT2D eigenvalue weighted by molar-refractivity contribution is 5.74. The van der Waals surface area contributed by atoms with E-state index in [0.29, 0.717) is 17.7 Å². The zero-order valence-electron chi connectivity index (χ0n) is 12.6. The molecular weight excluding hydrogens is 266 g/mol. The van der Waals surface area contributed by atoms with Crippen LogP contribution in [0.1, 0.15) is 37.8 Å². The normalized spacial score (nSPS) is 24.0. The zero-order valence-corrected chi connectivity index (χ0v) is 12.6. The summed E-state index contributed by atoms with van der Waals surface area (Å²) in [6.45, 7) is 3.97. The molecule has 3 rings (SSSR count). The van der Waals surface area contributed by atoms with Gasteiger partial charge in [0.25, 0.3) is 0 Å². The predicted octanol–water partition coefficient (Wildman–Crippen LogP) is 2.34. The molecule has 21 heavy (non-hydrogen) atoms. The van der Waals surface area contributed by atoms with Gasteiger partial charge in [0.05, 0.1) is 0 Å². The Labute approximate surface area is 125 Å². The summed E-state index contributed by atoms with van der Waals surface area (Å²) >= 11 is 0. The molecule has 2 aliphatic rings. The van der Waals surface area contributed by atoms with E-state index >= 15 is 0 Å². The molecule has 2 atom stereocenters. The number of carbonyl (C=O) groups excluding carboxylic acids is 2. The summed E-state index contributed by atoms with van der Waals surface area (Å²) in [6, 6.07) is 6.21. The Bertz CT molecular complexity index is 581. The molecule has 4 nitrogen and oxygen atoms in total. The summed E-state index contributed by atoms with van der Waals surface area (Å²) in [6.07, 6.45) is 4.14. The van der Waals surface area contributed by atoms with Crippen molar-refractivity contribution in [2.75, 3.05) is 6.54 Å². The molecule has 1 amide bonds. The minimum atomic E-state index is -0.288. The Morgan fingerprint density at radius 1 is 1.19 bits per heavy atom. The maximum Gasteiger partial charge on any atom is 0.308 e. The van der Waals surface area contributed by atoms with E-state index in [1.54, 1.807) is 6.92 Å². The lowest BCUT2D eigenvalue weighted by atomic mass is 9.75. The molecule has 0 aromatic heterocycles. The summed E-state index contributed by atoms with van der Waals surface area (Å²) in [4.78, 5) is 24.9. The van der Waals surface area contributed by atoms with E-state index in [0.717, 1.165) is 25.8 Å². The lowest BCUT2D eigenvalue weighted by Crippen LogP contribution is -2.51. The number of hydrogen-bond donors (Lipinski definition) is 0. The van der Waals surface area contributed by atoms with Crippen molar-refractivity contribution in [2.45, 2.75) is 45.6 Å². The predicted molar refractivity (Wildman–Crippen MR) is 79.1 cm³/mol. The minimum absolute atomic E-state index is 0.185. The van der Waals surface area contributed by atoms with Gasteiger partial charge in [-0.05, 0) is 54.9 Å². The molecule has 0 saturated carbocycles. The average molecular weight is 287 g/mol. The van der Waals surface area contributed by atoms with Crippen molar-refractivity contribution in [1.29, 1.82) is 0 Å². The molecule has 1 aliphatic carbocycles. The smallest absolute Gasteiger partial charge is 0.308 e. The van der Waals surface area contributed by atoms with Gasteiger partial charge in [-0.3, -0.25) is 9.59 Å². The first-order chi connectivity index (χ1) is 10.0. The number of fused-ring (bicyclic) bond motifs is 2. The first kappa shape index (κ1) is 14.1. The van der Waals surface area contributed by atoms with Crippen molar-refractivity contribution < 1.29 is 14.3 Å². The summed E-state index contributed by atoms with van der Waals surface area (Å²) in [5.74, 6) is 1.05. The lowest BCUT2D eigenvalue weighted by molar-refractivity contribution is -0.134. The van der Waals surface area contributed by atoms with Crippen LogP contribution in [0.3, 0.4) is 0 Å². The van der Waals surface area contributed by atoms with Gasteiger partial charge in [0.15, 0.2) is 0 Å². The summed E-state index contributed by atoms with van der Waals surface area (Å²) in [7, 11) is 0. The van der Waals surface area contributed by atoms with Crippen LogP contribution in [-0.2, 0) is 22.4 Å². The number of amides is 1. The molecule has 1 aromatic rings. The van der Waals surface area contributed by atoms with Gasteiger partial charge in [0, 0.05) is 26.4 Å². The molecule has 1 saturated heterocycles. The van der Waals surface area contributed by atoms with E-state index in [-0.39, 0.29) is 11.9 Å². The molecule has 0 bridgehead atoms. The van der Waals surface area contributed by atoms with Crippen LogP contribution < -0.4 is 4.74 Å². The van der Waals surface area contributed by atoms with Gasteiger partial charge in [-0.1, -0.05) is 6.07 Å². The monoisotopic (exact) mass is 287 g/mol. The second-order valence-corrected chi connectivity index (χ2v) is 6.11. The number of likely N-dealkylation sites (tertiary alicyclic amines) is 1. The van der Waals surface area contributed by atoms with Crippen LogP contribution >= 0.6 is 0 Å². The number of ether oxygens (including phenoxy) is 1. The molecule has 1 fully saturated rings. The first-order valence-corrected chi connectivity index (χ1v) is 7.62. The van der Waals surface area contributed by atoms with Gasteiger partial charge in [0.1, 0.15) is 5.75 Å². The molecular formula is C17H21NO3. The van der Waals surface area contributed by atoms with Crippen LogP contribution in [0.25, 0.3) is 0 Å². The molecule has 112 valence electrons. The van der Waals surface area contributed by atoms with E-state index in [2.05, 4.69) is 0 Å². The van der Waals surface area contributed by atoms with Crippen LogP contribution in [0.5, 0.6) is 5.75 Å². The number of hydrogen-bond acceptors (Lipinski definition) is 3. The van der Waals surface area contributed by atoms with Crippen molar-refractivity contribution in [2.24, 2.45) is 5.92 Å². The molecule has 0 N–H and O–H groups in total. The molecule has 1 aliphatic heterocycles. The fraction of sp³-hybridized carbons (Fsp3) is 0.529. The Morgan fingerprint density at radius 2 is 2.00 bits per heavy atom. The molecule has 0 spiro atoms. The van der Waals surface area contributed by atoms with E-state index in [4.69, 9.17) is 4.74 Å². The van der Waals surface area contributed by atoms with Gasteiger partial charge in [-0.25, -0.2) is 0 Å². The second kappa shape index (κ2) is 5.51. The van der Waals surface area contributed by atoms with Crippen molar-refractivity contribution >= 4 is 11.9 Å². The third-order valence-corrected chi connectivity index (χ3v) is 4.67. The van der Waals surface area contributed by atoms with E-state index < -0.39 is 0 Å². The molecule has 1 heterocycles. The molecule has 0 unspecified atom stereocenters. The number of esters is 1. The van der Waals surface area contributed by atoms with Crippen molar-refractivity contribution in [3.63, 3.8) is 0 Å². The van der Waals surface area contributed by atoms with Crippen LogP contribution in [0.2, 0.25) is 0 Å². The summed E-state index contributed by atoms with van der Waals surface area (Å²) in [5.41, 5.74) is 2.54. The van der Waals surface area contributed by atoms with E-state index in [9.17, 15) is 9.59 Å². The molecule has 1 aromatic carbocycles. The topological polar surface area (TPSA) is 46.6 Å². The standard InChI is InChI=1S/C17H21NO3/c1-11(19)18-7-3-4-14-8-15-9-16(21-12(2)20)6-5-13(15)10-17(14)18/h5-6,9,14,17H,3-4,7-8,10H2,1-2H3/t14-,17+/m0/s1. The Balaban J connectivity index is 1.86. The average Bonchev–Trinajstić information content (AvgIpc) is 2.43. The quantitative estimate of drug-likeness (QED) is 0.588. The highest BCUT2D eigenvalue weighted by Crippen LogP contribution is 2.36. The first-order valence-electron chi connectivity index (χ1n) is 7.62. The second-order valence-electron chi connectivity index (χ2n) is 6.11. The maximum atomic E-state index is 11.8. The highest BCUT2D eigenvalue weighted by atomic mass is 16.5. The van der Waals surface area contributed by atoms with Crippen molar-refractivity contribution in [3.05, 3.63) is 29.3 Å². The number of carbonyl (C=O) groups is 2. The van der Waals surface area contributed by atoms with Gasteiger partial charge in [-0.15, -0.1) is 0 Å². The van der Waals surface area contributed by atoms with Gasteiger partial charge in [-0.2, -0.15) is 0 Å². The number of piperidine rings is 1. The third-order valence-electron chi connectivity index (χ3n) is 4.67. The fourth-order valence-electron chi connectivity index (χ4n) is 3.77. The zero-order chi connectivity index (χ0) is 15.0. The van der Waals surface area contributed by atoms with Crippen LogP contribution in [0, 0.1) is 5.92 Å². The largest absolute Gasteiger partial charge is 0.427 e. The van der Waals surface area contributed by atoms with Crippen molar-refractivity contribution in [1.82, 2.24) is 4.90 Å². The SMILES string of the molecule is CC(=O)Oc1ccc2c(c1)C[C@@H]1CCCN(C(C)=O)[C@@H]1C2. The van der Waals surface area contributed by atoms with E-state index in [1.807, 2.05) is 23.1 Å². The summed E-state index contributed by atoms with van der Waals surface area (Å²) < 4.78 is 5.17. The number of benzene rings is 1.